The Morgan fingerprint density at radius 2 is 2.36 bits per heavy atom. The van der Waals surface area contributed by atoms with E-state index in [1.165, 1.54) is 0 Å². The number of fused-ring (bicyclic) bond motifs is 1. The summed E-state index contributed by atoms with van der Waals surface area (Å²) in [6, 6.07) is 7.01. The predicted molar refractivity (Wildman–Crippen MR) is 44.1 cm³/mol. The molecular formula is C8H8N3. The van der Waals surface area contributed by atoms with Crippen LogP contribution < -0.4 is 5.73 Å². The van der Waals surface area contributed by atoms with Gasteiger partial charge in [-0.25, -0.2) is 4.98 Å². The summed E-state index contributed by atoms with van der Waals surface area (Å²) in [7, 11) is 0. The average Bonchev–Trinajstić information content (AvgIpc) is 2.27. The lowest BCUT2D eigenvalue weighted by Crippen LogP contribution is -1.84. The van der Waals surface area contributed by atoms with Crippen molar-refractivity contribution in [1.29, 1.82) is 0 Å². The van der Waals surface area contributed by atoms with Crippen molar-refractivity contribution in [1.82, 2.24) is 9.97 Å². The van der Waals surface area contributed by atoms with Gasteiger partial charge in [-0.1, -0.05) is 6.07 Å². The number of rotatable bonds is 0. The quantitative estimate of drug-likeness (QED) is 0.587. The summed E-state index contributed by atoms with van der Waals surface area (Å²) in [4.78, 5) is 6.96. The molecule has 11 heavy (non-hydrogen) atoms. The smallest absolute Gasteiger partial charge is 0.198 e. The van der Waals surface area contributed by atoms with Gasteiger partial charge in [0.2, 0.25) is 0 Å². The van der Waals surface area contributed by atoms with Crippen LogP contribution in [0.2, 0.25) is 0 Å². The molecule has 0 saturated carbocycles. The fourth-order valence-corrected chi connectivity index (χ4v) is 1.06. The van der Waals surface area contributed by atoms with Gasteiger partial charge in [-0.05, 0) is 18.6 Å². The first-order valence-electron chi connectivity index (χ1n) is 3.40. The van der Waals surface area contributed by atoms with Crippen molar-refractivity contribution < 1.29 is 0 Å². The molecule has 2 rings (SSSR count). The van der Waals surface area contributed by atoms with Crippen molar-refractivity contribution in [3.63, 3.8) is 0 Å². The van der Waals surface area contributed by atoms with E-state index in [2.05, 4.69) is 16.0 Å². The Balaban J connectivity index is 2.82. The van der Waals surface area contributed by atoms with Gasteiger partial charge in [-0.15, -0.1) is 0 Å². The number of hydrogen-bond acceptors (Lipinski definition) is 2. The Bertz CT molecular complexity index is 389. The molecule has 3 heteroatoms. The monoisotopic (exact) mass is 146 g/mol. The maximum atomic E-state index is 5.45. The number of aromatic amines is 1. The molecule has 0 aliphatic carbocycles. The highest BCUT2D eigenvalue weighted by molar-refractivity contribution is 5.76. The number of nitrogen functional groups attached to an aromatic ring is 1. The van der Waals surface area contributed by atoms with E-state index in [1.807, 2.05) is 19.1 Å². The summed E-state index contributed by atoms with van der Waals surface area (Å²) >= 11 is 0. The minimum Gasteiger partial charge on any atom is -0.369 e. The zero-order valence-corrected chi connectivity index (χ0v) is 6.18. The third-order valence-corrected chi connectivity index (χ3v) is 1.57. The largest absolute Gasteiger partial charge is 0.369 e. The van der Waals surface area contributed by atoms with Crippen LogP contribution in [0, 0.1) is 13.0 Å². The van der Waals surface area contributed by atoms with Crippen LogP contribution in [0.15, 0.2) is 12.1 Å². The van der Waals surface area contributed by atoms with Crippen LogP contribution in [-0.2, 0) is 0 Å². The third-order valence-electron chi connectivity index (χ3n) is 1.57. The Kier molecular flexibility index (Phi) is 1.12. The summed E-state index contributed by atoms with van der Waals surface area (Å²) in [6.45, 7) is 1.98. The van der Waals surface area contributed by atoms with Crippen molar-refractivity contribution in [3.8, 4) is 0 Å². The second-order valence-corrected chi connectivity index (χ2v) is 2.53. The number of anilines is 1. The van der Waals surface area contributed by atoms with Crippen LogP contribution in [0.5, 0.6) is 0 Å². The van der Waals surface area contributed by atoms with Gasteiger partial charge < -0.3 is 10.7 Å². The number of nitrogens with zero attached hydrogens (tertiary/aromatic N) is 1. The minimum absolute atomic E-state index is 0.446. The third kappa shape index (κ3) is 0.941. The van der Waals surface area contributed by atoms with Gasteiger partial charge in [0, 0.05) is 6.07 Å². The van der Waals surface area contributed by atoms with Crippen LogP contribution >= 0.6 is 0 Å². The second-order valence-electron chi connectivity index (χ2n) is 2.53. The van der Waals surface area contributed by atoms with Gasteiger partial charge in [0.25, 0.3) is 0 Å². The molecule has 1 heterocycles. The highest BCUT2D eigenvalue weighted by Gasteiger charge is 1.98. The lowest BCUT2D eigenvalue weighted by atomic mass is 10.2. The standard InChI is InChI=1S/C8H8N3/c1-5-2-3-6-7(4-5)11-8(9)10-6/h2-3H,1H3,(H3,9,10,11). The summed E-state index contributed by atoms with van der Waals surface area (Å²) in [5.41, 5.74) is 8.27. The van der Waals surface area contributed by atoms with E-state index in [0.717, 1.165) is 16.6 Å². The van der Waals surface area contributed by atoms with Crippen molar-refractivity contribution in [2.75, 3.05) is 5.73 Å². The van der Waals surface area contributed by atoms with Crippen LogP contribution in [0.1, 0.15) is 5.56 Å². The van der Waals surface area contributed by atoms with Crippen molar-refractivity contribution in [3.05, 3.63) is 23.8 Å². The van der Waals surface area contributed by atoms with Gasteiger partial charge in [0.1, 0.15) is 0 Å². The first-order chi connectivity index (χ1) is 5.25. The minimum atomic E-state index is 0.446. The Morgan fingerprint density at radius 1 is 1.55 bits per heavy atom. The Labute approximate surface area is 64.2 Å². The fraction of sp³-hybridized carbons (Fsp3) is 0.125. The topological polar surface area (TPSA) is 54.7 Å². The maximum absolute atomic E-state index is 5.45. The molecule has 0 atom stereocenters. The van der Waals surface area contributed by atoms with Crippen molar-refractivity contribution >= 4 is 17.0 Å². The highest BCUT2D eigenvalue weighted by atomic mass is 15.0. The molecule has 55 valence electrons. The van der Waals surface area contributed by atoms with Gasteiger partial charge in [0.05, 0.1) is 11.0 Å². The predicted octanol–water partition coefficient (Wildman–Crippen LogP) is 1.25. The fourth-order valence-electron chi connectivity index (χ4n) is 1.06. The summed E-state index contributed by atoms with van der Waals surface area (Å²) in [5.74, 6) is 0.446. The molecular weight excluding hydrogens is 138 g/mol. The molecule has 3 N–H and O–H groups in total. The number of aryl methyl sites for hydroxylation is 1. The SMILES string of the molecule is Cc1[c]c2nc(N)[nH]c2cc1. The number of hydrogen-bond donors (Lipinski definition) is 2. The van der Waals surface area contributed by atoms with Crippen LogP contribution in [-0.4, -0.2) is 9.97 Å². The lowest BCUT2D eigenvalue weighted by molar-refractivity contribution is 1.35. The van der Waals surface area contributed by atoms with E-state index in [4.69, 9.17) is 5.73 Å². The molecule has 0 fully saturated rings. The number of nitrogens with one attached hydrogen (secondary N) is 1. The van der Waals surface area contributed by atoms with E-state index in [9.17, 15) is 0 Å². The van der Waals surface area contributed by atoms with Crippen LogP contribution in [0.4, 0.5) is 5.95 Å². The summed E-state index contributed by atoms with van der Waals surface area (Å²) in [6.07, 6.45) is 0. The molecule has 2 aromatic rings. The van der Waals surface area contributed by atoms with E-state index in [1.54, 1.807) is 0 Å². The first kappa shape index (κ1) is 6.22. The number of nitrogens with two attached hydrogens (primary N) is 1. The van der Waals surface area contributed by atoms with Crippen LogP contribution in [0.3, 0.4) is 0 Å². The number of imidazole rings is 1. The normalized spacial score (nSPS) is 10.6. The Morgan fingerprint density at radius 3 is 3.18 bits per heavy atom. The van der Waals surface area contributed by atoms with Crippen LogP contribution in [0.25, 0.3) is 11.0 Å². The molecule has 0 aliphatic heterocycles. The van der Waals surface area contributed by atoms with Crippen molar-refractivity contribution in [2.24, 2.45) is 0 Å². The molecule has 0 aliphatic rings. The van der Waals surface area contributed by atoms with Crippen molar-refractivity contribution in [2.45, 2.75) is 6.92 Å². The zero-order chi connectivity index (χ0) is 7.84. The highest BCUT2D eigenvalue weighted by Crippen LogP contribution is 2.12. The zero-order valence-electron chi connectivity index (χ0n) is 6.18. The number of H-pyrrole nitrogens is 1. The molecule has 0 spiro atoms. The molecule has 0 bridgehead atoms. The molecule has 0 saturated heterocycles. The first-order valence-corrected chi connectivity index (χ1v) is 3.40. The Hall–Kier alpha value is -1.51. The van der Waals surface area contributed by atoms with Gasteiger partial charge in [-0.3, -0.25) is 0 Å². The average molecular weight is 146 g/mol. The van der Waals surface area contributed by atoms with Gasteiger partial charge in [0.15, 0.2) is 5.95 Å². The summed E-state index contributed by atoms with van der Waals surface area (Å²) in [5, 5.41) is 0. The molecule has 0 unspecified atom stereocenters. The molecule has 3 nitrogen and oxygen atoms in total. The summed E-state index contributed by atoms with van der Waals surface area (Å²) < 4.78 is 0. The molecule has 1 aromatic heterocycles. The second kappa shape index (κ2) is 1.99. The van der Waals surface area contributed by atoms with Gasteiger partial charge in [-0.2, -0.15) is 0 Å². The van der Waals surface area contributed by atoms with E-state index in [-0.39, 0.29) is 0 Å². The molecule has 1 aromatic carbocycles. The molecule has 1 radical (unpaired) electrons. The molecule has 0 amide bonds. The number of aromatic nitrogens is 2. The lowest BCUT2D eigenvalue weighted by Gasteiger charge is -1.87. The van der Waals surface area contributed by atoms with E-state index in [0.29, 0.717) is 5.95 Å². The van der Waals surface area contributed by atoms with Gasteiger partial charge >= 0.3 is 0 Å². The van der Waals surface area contributed by atoms with E-state index < -0.39 is 0 Å². The number of benzene rings is 1. The van der Waals surface area contributed by atoms with E-state index >= 15 is 0 Å². The maximum Gasteiger partial charge on any atom is 0.198 e.